The van der Waals surface area contributed by atoms with Gasteiger partial charge in [-0.3, -0.25) is 4.79 Å². The van der Waals surface area contributed by atoms with Gasteiger partial charge < -0.3 is 10.1 Å². The lowest BCUT2D eigenvalue weighted by molar-refractivity contribution is -0.129. The summed E-state index contributed by atoms with van der Waals surface area (Å²) in [6.07, 6.45) is 1.19. The second-order valence-electron chi connectivity index (χ2n) is 5.23. The molecule has 1 fully saturated rings. The van der Waals surface area contributed by atoms with Gasteiger partial charge in [0.25, 0.3) is 5.91 Å². The maximum atomic E-state index is 12.0. The molecule has 0 radical (unpaired) electrons. The van der Waals surface area contributed by atoms with E-state index in [4.69, 9.17) is 4.74 Å². The number of rotatable bonds is 5. The first-order chi connectivity index (χ1) is 10.6. The molecule has 114 valence electrons. The van der Waals surface area contributed by atoms with E-state index in [1.807, 2.05) is 30.3 Å². The van der Waals surface area contributed by atoms with Gasteiger partial charge in [0.15, 0.2) is 11.8 Å². The Hall–Kier alpha value is -2.21. The molecule has 1 aliphatic carbocycles. The molecule has 0 aliphatic heterocycles. The van der Waals surface area contributed by atoms with E-state index in [0.717, 1.165) is 23.4 Å². The Labute approximate surface area is 132 Å². The molecule has 1 heterocycles. The highest BCUT2D eigenvalue weighted by Crippen LogP contribution is 2.24. The zero-order valence-electron chi connectivity index (χ0n) is 12.1. The number of hydrogen-bond donors (Lipinski definition) is 1. The molecule has 6 heteroatoms. The summed E-state index contributed by atoms with van der Waals surface area (Å²) >= 11 is 1.37. The third-order valence-electron chi connectivity index (χ3n) is 3.31. The second kappa shape index (κ2) is 6.27. The van der Waals surface area contributed by atoms with E-state index in [0.29, 0.717) is 0 Å². The number of thiazole rings is 1. The molecule has 1 saturated carbocycles. The molecule has 5 nitrogen and oxygen atoms in total. The fourth-order valence-corrected chi connectivity index (χ4v) is 2.70. The summed E-state index contributed by atoms with van der Waals surface area (Å²) in [5.41, 5.74) is 1.18. The number of carbonyl (C=O) groups is 2. The lowest BCUT2D eigenvalue weighted by Crippen LogP contribution is -2.37. The number of ether oxygens (including phenoxy) is 1. The average molecular weight is 316 g/mol. The minimum atomic E-state index is -0.810. The van der Waals surface area contributed by atoms with Gasteiger partial charge in [-0.05, 0) is 19.8 Å². The zero-order chi connectivity index (χ0) is 15.5. The van der Waals surface area contributed by atoms with Crippen molar-refractivity contribution < 1.29 is 14.3 Å². The molecule has 2 aromatic rings. The van der Waals surface area contributed by atoms with Crippen molar-refractivity contribution in [2.24, 2.45) is 0 Å². The fourth-order valence-electron chi connectivity index (χ4n) is 1.90. The smallest absolute Gasteiger partial charge is 0.358 e. The summed E-state index contributed by atoms with van der Waals surface area (Å²) in [4.78, 5) is 28.1. The quantitative estimate of drug-likeness (QED) is 0.861. The Morgan fingerprint density at radius 2 is 2.05 bits per heavy atom. The molecule has 0 unspecified atom stereocenters. The number of hydrogen-bond acceptors (Lipinski definition) is 5. The van der Waals surface area contributed by atoms with Crippen molar-refractivity contribution >= 4 is 23.2 Å². The SMILES string of the molecule is C[C@@H](OC(=O)c1csc(-c2ccccc2)n1)C(=O)NC1CC1. The first-order valence-corrected chi connectivity index (χ1v) is 8.04. The molecule has 1 N–H and O–H groups in total. The van der Waals surface area contributed by atoms with Gasteiger partial charge in [0, 0.05) is 17.0 Å². The van der Waals surface area contributed by atoms with E-state index in [9.17, 15) is 9.59 Å². The Bertz CT molecular complexity index is 680. The summed E-state index contributed by atoms with van der Waals surface area (Å²) in [7, 11) is 0. The first kappa shape index (κ1) is 14.7. The van der Waals surface area contributed by atoms with Crippen LogP contribution in [0, 0.1) is 0 Å². The number of aromatic nitrogens is 1. The van der Waals surface area contributed by atoms with Crippen LogP contribution in [0.3, 0.4) is 0 Å². The minimum absolute atomic E-state index is 0.231. The standard InChI is InChI=1S/C16H16N2O3S/c1-10(14(19)17-12-7-8-12)21-16(20)13-9-22-15(18-13)11-5-3-2-4-6-11/h2-6,9-10,12H,7-8H2,1H3,(H,17,19)/t10-/m1/s1. The molecule has 0 bridgehead atoms. The highest BCUT2D eigenvalue weighted by molar-refractivity contribution is 7.13. The largest absolute Gasteiger partial charge is 0.448 e. The number of esters is 1. The summed E-state index contributed by atoms with van der Waals surface area (Å²) < 4.78 is 5.17. The average Bonchev–Trinajstić information content (AvgIpc) is 3.19. The van der Waals surface area contributed by atoms with Crippen LogP contribution < -0.4 is 5.32 Å². The van der Waals surface area contributed by atoms with Crippen LogP contribution in [0.4, 0.5) is 0 Å². The number of nitrogens with zero attached hydrogens (tertiary/aromatic N) is 1. The summed E-state index contributed by atoms with van der Waals surface area (Å²) in [5, 5.41) is 5.21. The second-order valence-corrected chi connectivity index (χ2v) is 6.09. The van der Waals surface area contributed by atoms with Crippen molar-refractivity contribution in [2.75, 3.05) is 0 Å². The fraction of sp³-hybridized carbons (Fsp3) is 0.312. The van der Waals surface area contributed by atoms with Crippen molar-refractivity contribution in [2.45, 2.75) is 31.9 Å². The Morgan fingerprint density at radius 3 is 2.73 bits per heavy atom. The molecule has 1 atom stereocenters. The van der Waals surface area contributed by atoms with Gasteiger partial charge in [-0.15, -0.1) is 11.3 Å². The van der Waals surface area contributed by atoms with E-state index in [2.05, 4.69) is 10.3 Å². The molecule has 1 aliphatic rings. The number of amides is 1. The van der Waals surface area contributed by atoms with Gasteiger partial charge in [-0.2, -0.15) is 0 Å². The van der Waals surface area contributed by atoms with Gasteiger partial charge in [-0.1, -0.05) is 30.3 Å². The van der Waals surface area contributed by atoms with E-state index < -0.39 is 12.1 Å². The Balaban J connectivity index is 1.62. The number of nitrogens with one attached hydrogen (secondary N) is 1. The van der Waals surface area contributed by atoms with E-state index in [1.54, 1.807) is 12.3 Å². The summed E-state index contributed by atoms with van der Waals surface area (Å²) in [5.74, 6) is -0.828. The Kier molecular flexibility index (Phi) is 4.20. The van der Waals surface area contributed by atoms with Crippen LogP contribution in [0.25, 0.3) is 10.6 Å². The van der Waals surface area contributed by atoms with Crippen molar-refractivity contribution in [1.82, 2.24) is 10.3 Å². The monoisotopic (exact) mass is 316 g/mol. The van der Waals surface area contributed by atoms with Crippen molar-refractivity contribution in [3.05, 3.63) is 41.4 Å². The molecule has 0 spiro atoms. The predicted molar refractivity (Wildman–Crippen MR) is 83.6 cm³/mol. The van der Waals surface area contributed by atoms with Crippen LogP contribution in [-0.2, 0) is 9.53 Å². The highest BCUT2D eigenvalue weighted by Gasteiger charge is 2.27. The van der Waals surface area contributed by atoms with Gasteiger partial charge in [0.05, 0.1) is 0 Å². The topological polar surface area (TPSA) is 68.3 Å². The van der Waals surface area contributed by atoms with Crippen LogP contribution in [0.1, 0.15) is 30.3 Å². The van der Waals surface area contributed by atoms with Crippen LogP contribution >= 0.6 is 11.3 Å². The predicted octanol–water partition coefficient (Wildman–Crippen LogP) is 2.63. The lowest BCUT2D eigenvalue weighted by atomic mass is 10.2. The highest BCUT2D eigenvalue weighted by atomic mass is 32.1. The van der Waals surface area contributed by atoms with E-state index in [-0.39, 0.29) is 17.6 Å². The van der Waals surface area contributed by atoms with Crippen molar-refractivity contribution in [1.29, 1.82) is 0 Å². The van der Waals surface area contributed by atoms with Gasteiger partial charge in [-0.25, -0.2) is 9.78 Å². The summed E-state index contributed by atoms with van der Waals surface area (Å²) in [6, 6.07) is 9.86. The Morgan fingerprint density at radius 1 is 1.32 bits per heavy atom. The van der Waals surface area contributed by atoms with Gasteiger partial charge in [0.1, 0.15) is 5.01 Å². The maximum absolute atomic E-state index is 12.0. The van der Waals surface area contributed by atoms with Gasteiger partial charge in [0.2, 0.25) is 0 Å². The van der Waals surface area contributed by atoms with Crippen molar-refractivity contribution in [3.8, 4) is 10.6 Å². The van der Waals surface area contributed by atoms with E-state index >= 15 is 0 Å². The van der Waals surface area contributed by atoms with Crippen LogP contribution in [0.2, 0.25) is 0 Å². The molecule has 3 rings (SSSR count). The zero-order valence-corrected chi connectivity index (χ0v) is 12.9. The van der Waals surface area contributed by atoms with Gasteiger partial charge >= 0.3 is 5.97 Å². The molecular weight excluding hydrogens is 300 g/mol. The summed E-state index contributed by atoms with van der Waals surface area (Å²) in [6.45, 7) is 1.57. The van der Waals surface area contributed by atoms with Crippen LogP contribution in [-0.4, -0.2) is 29.0 Å². The molecular formula is C16H16N2O3S. The van der Waals surface area contributed by atoms with Crippen LogP contribution in [0.5, 0.6) is 0 Å². The first-order valence-electron chi connectivity index (χ1n) is 7.16. The normalized spacial score (nSPS) is 15.1. The molecule has 1 aromatic heterocycles. The van der Waals surface area contributed by atoms with Crippen molar-refractivity contribution in [3.63, 3.8) is 0 Å². The molecule has 22 heavy (non-hydrogen) atoms. The molecule has 0 saturated heterocycles. The minimum Gasteiger partial charge on any atom is -0.448 e. The maximum Gasteiger partial charge on any atom is 0.358 e. The van der Waals surface area contributed by atoms with Crippen LogP contribution in [0.15, 0.2) is 35.7 Å². The number of benzene rings is 1. The third-order valence-corrected chi connectivity index (χ3v) is 4.20. The van der Waals surface area contributed by atoms with E-state index in [1.165, 1.54) is 11.3 Å². The molecule has 1 amide bonds. The molecule has 1 aromatic carbocycles. The third kappa shape index (κ3) is 3.51. The number of carbonyl (C=O) groups excluding carboxylic acids is 2. The lowest BCUT2D eigenvalue weighted by Gasteiger charge is -2.12.